The molecule has 0 spiro atoms. The van der Waals surface area contributed by atoms with Crippen LogP contribution in [-0.2, 0) is 9.59 Å². The third-order valence-electron chi connectivity index (χ3n) is 3.08. The van der Waals surface area contributed by atoms with E-state index in [1.807, 2.05) is 6.92 Å². The van der Waals surface area contributed by atoms with Gasteiger partial charge in [0.2, 0.25) is 11.8 Å². The van der Waals surface area contributed by atoms with Crippen LogP contribution in [0.3, 0.4) is 0 Å². The van der Waals surface area contributed by atoms with Crippen LogP contribution in [0.15, 0.2) is 0 Å². The molecule has 2 unspecified atom stereocenters. The van der Waals surface area contributed by atoms with E-state index in [9.17, 15) is 9.59 Å². The molecule has 2 amide bonds. The van der Waals surface area contributed by atoms with Gasteiger partial charge in [-0.3, -0.25) is 9.59 Å². The first-order valence-electron chi connectivity index (χ1n) is 6.43. The Kier molecular flexibility index (Phi) is 5.97. The number of hydrogen-bond donors (Lipinski definition) is 3. The van der Waals surface area contributed by atoms with Gasteiger partial charge in [-0.25, -0.2) is 0 Å². The van der Waals surface area contributed by atoms with Crippen molar-refractivity contribution >= 4 is 11.8 Å². The van der Waals surface area contributed by atoms with Crippen LogP contribution in [0.25, 0.3) is 0 Å². The molecule has 5 heteroatoms. The van der Waals surface area contributed by atoms with Crippen molar-refractivity contribution in [1.82, 2.24) is 16.0 Å². The molecule has 17 heavy (non-hydrogen) atoms. The van der Waals surface area contributed by atoms with Gasteiger partial charge in [-0.2, -0.15) is 0 Å². The van der Waals surface area contributed by atoms with Crippen molar-refractivity contribution < 1.29 is 9.59 Å². The summed E-state index contributed by atoms with van der Waals surface area (Å²) in [6, 6.07) is -0.0991. The van der Waals surface area contributed by atoms with Gasteiger partial charge >= 0.3 is 0 Å². The fraction of sp³-hybridized carbons (Fsp3) is 0.833. The maximum atomic E-state index is 11.8. The second-order valence-electron chi connectivity index (χ2n) is 4.55. The fourth-order valence-electron chi connectivity index (χ4n) is 2.10. The number of hydrogen-bond acceptors (Lipinski definition) is 3. The zero-order valence-electron chi connectivity index (χ0n) is 10.7. The molecule has 0 aliphatic carbocycles. The first kappa shape index (κ1) is 14.0. The summed E-state index contributed by atoms with van der Waals surface area (Å²) in [4.78, 5) is 23.0. The summed E-state index contributed by atoms with van der Waals surface area (Å²) >= 11 is 0. The Balaban J connectivity index is 2.22. The molecule has 5 nitrogen and oxygen atoms in total. The molecular formula is C12H23N3O2. The maximum Gasteiger partial charge on any atom is 0.237 e. The van der Waals surface area contributed by atoms with Crippen molar-refractivity contribution in [3.8, 4) is 0 Å². The van der Waals surface area contributed by atoms with E-state index in [0.717, 1.165) is 19.4 Å². The van der Waals surface area contributed by atoms with E-state index < -0.39 is 0 Å². The van der Waals surface area contributed by atoms with Crippen molar-refractivity contribution in [2.45, 2.75) is 39.2 Å². The van der Waals surface area contributed by atoms with Crippen molar-refractivity contribution in [3.05, 3.63) is 0 Å². The van der Waals surface area contributed by atoms with Crippen molar-refractivity contribution in [1.29, 1.82) is 0 Å². The van der Waals surface area contributed by atoms with Crippen LogP contribution in [0.2, 0.25) is 0 Å². The molecule has 1 aliphatic heterocycles. The van der Waals surface area contributed by atoms with Gasteiger partial charge in [0.05, 0.1) is 6.04 Å². The first-order chi connectivity index (χ1) is 8.15. The van der Waals surface area contributed by atoms with E-state index in [1.165, 1.54) is 0 Å². The van der Waals surface area contributed by atoms with Crippen LogP contribution < -0.4 is 16.0 Å². The molecule has 1 heterocycles. The van der Waals surface area contributed by atoms with Gasteiger partial charge in [0.15, 0.2) is 0 Å². The Labute approximate surface area is 103 Å². The third-order valence-corrected chi connectivity index (χ3v) is 3.08. The van der Waals surface area contributed by atoms with Gasteiger partial charge in [0, 0.05) is 19.5 Å². The summed E-state index contributed by atoms with van der Waals surface area (Å²) in [6.07, 6.45) is 2.56. The van der Waals surface area contributed by atoms with Gasteiger partial charge in [0.1, 0.15) is 0 Å². The highest BCUT2D eigenvalue weighted by Gasteiger charge is 2.26. The van der Waals surface area contributed by atoms with Crippen LogP contribution in [0, 0.1) is 5.92 Å². The zero-order valence-corrected chi connectivity index (χ0v) is 10.7. The van der Waals surface area contributed by atoms with Gasteiger partial charge in [-0.05, 0) is 32.2 Å². The monoisotopic (exact) mass is 241 g/mol. The molecule has 1 fully saturated rings. The minimum atomic E-state index is -0.0991. The van der Waals surface area contributed by atoms with Crippen molar-refractivity contribution in [3.63, 3.8) is 0 Å². The third kappa shape index (κ3) is 4.73. The van der Waals surface area contributed by atoms with E-state index in [1.54, 1.807) is 0 Å². The molecular weight excluding hydrogens is 218 g/mol. The molecule has 3 N–H and O–H groups in total. The molecule has 0 aromatic rings. The Morgan fingerprint density at radius 3 is 2.76 bits per heavy atom. The summed E-state index contributed by atoms with van der Waals surface area (Å²) in [5, 5.41) is 8.73. The normalized spacial score (nSPS) is 24.1. The highest BCUT2D eigenvalue weighted by atomic mass is 16.2. The summed E-state index contributed by atoms with van der Waals surface area (Å²) in [5.41, 5.74) is 0. The highest BCUT2D eigenvalue weighted by Crippen LogP contribution is 2.15. The van der Waals surface area contributed by atoms with Crippen LogP contribution in [-0.4, -0.2) is 37.5 Å². The molecule has 1 rings (SSSR count). The number of nitrogens with one attached hydrogen (secondary N) is 3. The number of rotatable bonds is 5. The molecule has 1 aliphatic rings. The molecule has 1 saturated heterocycles. The Morgan fingerprint density at radius 2 is 2.12 bits per heavy atom. The van der Waals surface area contributed by atoms with Crippen LogP contribution in [0.4, 0.5) is 0 Å². The number of carbonyl (C=O) groups is 2. The van der Waals surface area contributed by atoms with Crippen molar-refractivity contribution in [2.24, 2.45) is 5.92 Å². The summed E-state index contributed by atoms with van der Waals surface area (Å²) in [6.45, 7) is 5.91. The van der Waals surface area contributed by atoms with E-state index >= 15 is 0 Å². The van der Waals surface area contributed by atoms with Gasteiger partial charge in [-0.15, -0.1) is 0 Å². The summed E-state index contributed by atoms with van der Waals surface area (Å²) in [7, 11) is 0. The van der Waals surface area contributed by atoms with E-state index in [2.05, 4.69) is 22.9 Å². The predicted octanol–water partition coefficient (Wildman–Crippen LogP) is 0.0169. The predicted molar refractivity (Wildman–Crippen MR) is 66.5 cm³/mol. The minimum Gasteiger partial charge on any atom is -0.356 e. The number of amides is 2. The summed E-state index contributed by atoms with van der Waals surface area (Å²) < 4.78 is 0. The molecule has 2 atom stereocenters. The first-order valence-corrected chi connectivity index (χ1v) is 6.43. The smallest absolute Gasteiger partial charge is 0.237 e. The molecule has 98 valence electrons. The molecule has 0 aromatic heterocycles. The average Bonchev–Trinajstić information content (AvgIpc) is 2.29. The lowest BCUT2D eigenvalue weighted by atomic mass is 9.92. The van der Waals surface area contributed by atoms with Gasteiger partial charge in [-0.1, -0.05) is 6.92 Å². The van der Waals surface area contributed by atoms with Gasteiger partial charge < -0.3 is 16.0 Å². The topological polar surface area (TPSA) is 70.2 Å². The summed E-state index contributed by atoms with van der Waals surface area (Å²) in [5.74, 6) is 0.368. The van der Waals surface area contributed by atoms with E-state index in [-0.39, 0.29) is 17.9 Å². The molecule has 0 saturated carbocycles. The minimum absolute atomic E-state index is 0.0153. The zero-order chi connectivity index (χ0) is 12.7. The second kappa shape index (κ2) is 7.27. The Bertz CT molecular complexity index is 268. The lowest BCUT2D eigenvalue weighted by molar-refractivity contribution is -0.125. The lowest BCUT2D eigenvalue weighted by Crippen LogP contribution is -2.51. The SMILES string of the molecule is CCNC(=O)CCNC(=O)C1NCCCC1C. The van der Waals surface area contributed by atoms with Crippen LogP contribution in [0.1, 0.15) is 33.1 Å². The van der Waals surface area contributed by atoms with Crippen molar-refractivity contribution in [2.75, 3.05) is 19.6 Å². The Morgan fingerprint density at radius 1 is 1.35 bits per heavy atom. The quantitative estimate of drug-likeness (QED) is 0.635. The molecule has 0 radical (unpaired) electrons. The maximum absolute atomic E-state index is 11.8. The number of carbonyl (C=O) groups excluding carboxylic acids is 2. The van der Waals surface area contributed by atoms with E-state index in [0.29, 0.717) is 25.4 Å². The lowest BCUT2D eigenvalue weighted by Gasteiger charge is -2.28. The largest absolute Gasteiger partial charge is 0.356 e. The average molecular weight is 241 g/mol. The molecule has 0 aromatic carbocycles. The number of piperidine rings is 1. The highest BCUT2D eigenvalue weighted by molar-refractivity contribution is 5.83. The fourth-order valence-corrected chi connectivity index (χ4v) is 2.10. The standard InChI is InChI=1S/C12H23N3O2/c1-3-13-10(16)6-8-15-12(17)11-9(2)5-4-7-14-11/h9,11,14H,3-8H2,1-2H3,(H,13,16)(H,15,17). The van der Waals surface area contributed by atoms with Gasteiger partial charge in [0.25, 0.3) is 0 Å². The van der Waals surface area contributed by atoms with Crippen LogP contribution in [0.5, 0.6) is 0 Å². The van der Waals surface area contributed by atoms with E-state index in [4.69, 9.17) is 0 Å². The second-order valence-corrected chi connectivity index (χ2v) is 4.55. The molecule has 0 bridgehead atoms. The Hall–Kier alpha value is -1.10. The van der Waals surface area contributed by atoms with Crippen LogP contribution >= 0.6 is 0 Å².